The number of amides is 1. The molecule has 1 amide bonds. The molecule has 0 aliphatic carbocycles. The van der Waals surface area contributed by atoms with Gasteiger partial charge in [0.2, 0.25) is 0 Å². The first-order chi connectivity index (χ1) is 13.2. The normalized spacial score (nSPS) is 19.1. The molecule has 0 spiro atoms. The summed E-state index contributed by atoms with van der Waals surface area (Å²) in [7, 11) is 1.65. The number of thiophene rings is 1. The molecule has 0 radical (unpaired) electrons. The number of methoxy groups -OCH3 is 1. The minimum absolute atomic E-state index is 0.0316. The van der Waals surface area contributed by atoms with E-state index in [1.165, 1.54) is 27.5 Å². The highest BCUT2D eigenvalue weighted by atomic mass is 32.1. The van der Waals surface area contributed by atoms with E-state index in [-0.39, 0.29) is 5.91 Å². The van der Waals surface area contributed by atoms with Gasteiger partial charge in [-0.3, -0.25) is 10.1 Å². The number of benzene rings is 1. The number of anilines is 1. The van der Waals surface area contributed by atoms with Crippen LogP contribution in [-0.4, -0.2) is 31.1 Å². The summed E-state index contributed by atoms with van der Waals surface area (Å²) in [4.78, 5) is 19.8. The van der Waals surface area contributed by atoms with E-state index < -0.39 is 0 Å². The van der Waals surface area contributed by atoms with Crippen LogP contribution in [0.4, 0.5) is 5.13 Å². The lowest BCUT2D eigenvalue weighted by Gasteiger charge is -2.19. The molecule has 2 N–H and O–H groups in total. The van der Waals surface area contributed by atoms with Crippen LogP contribution in [0.3, 0.4) is 0 Å². The molecular formula is C20H22N3O2S2+. The number of nitrogens with zero attached hydrogens (tertiary/aromatic N) is 1. The third-order valence-corrected chi connectivity index (χ3v) is 6.64. The Hall–Kier alpha value is -2.22. The van der Waals surface area contributed by atoms with E-state index in [0.29, 0.717) is 17.7 Å². The number of carbonyl (C=O) groups excluding carboxylic acids is 1. The number of likely N-dealkylation sites (tertiary alicyclic amines) is 1. The molecule has 1 aromatic carbocycles. The Morgan fingerprint density at radius 1 is 1.30 bits per heavy atom. The van der Waals surface area contributed by atoms with Gasteiger partial charge >= 0.3 is 0 Å². The van der Waals surface area contributed by atoms with Gasteiger partial charge in [0.05, 0.1) is 24.2 Å². The summed E-state index contributed by atoms with van der Waals surface area (Å²) in [6, 6.07) is 12.5. The minimum Gasteiger partial charge on any atom is -0.497 e. The fourth-order valence-electron chi connectivity index (χ4n) is 3.55. The smallest absolute Gasteiger partial charge is 0.281 e. The zero-order valence-corrected chi connectivity index (χ0v) is 16.7. The zero-order valence-electron chi connectivity index (χ0n) is 15.1. The van der Waals surface area contributed by atoms with Crippen molar-refractivity contribution in [1.82, 2.24) is 4.98 Å². The number of quaternary nitrogens is 1. The number of nitrogens with one attached hydrogen (secondary N) is 2. The molecule has 7 heteroatoms. The number of hydrogen-bond acceptors (Lipinski definition) is 5. The van der Waals surface area contributed by atoms with Crippen molar-refractivity contribution < 1.29 is 14.4 Å². The topological polar surface area (TPSA) is 55.7 Å². The number of aromatic nitrogens is 1. The Morgan fingerprint density at radius 2 is 2.15 bits per heavy atom. The van der Waals surface area contributed by atoms with Crippen molar-refractivity contribution in [2.75, 3.05) is 25.5 Å². The molecule has 1 saturated heterocycles. The molecule has 27 heavy (non-hydrogen) atoms. The second-order valence-electron chi connectivity index (χ2n) is 6.61. The third-order valence-electron chi connectivity index (χ3n) is 4.89. The molecule has 4 rings (SSSR count). The van der Waals surface area contributed by atoms with Gasteiger partial charge in [0.25, 0.3) is 5.91 Å². The third kappa shape index (κ3) is 4.21. The summed E-state index contributed by atoms with van der Waals surface area (Å²) >= 11 is 3.24. The van der Waals surface area contributed by atoms with Crippen LogP contribution in [0.25, 0.3) is 11.3 Å². The summed E-state index contributed by atoms with van der Waals surface area (Å²) < 4.78 is 5.19. The maximum atomic E-state index is 12.5. The Morgan fingerprint density at radius 3 is 2.89 bits per heavy atom. The van der Waals surface area contributed by atoms with E-state index in [1.807, 2.05) is 29.6 Å². The number of thiazole rings is 1. The predicted octanol–water partition coefficient (Wildman–Crippen LogP) is 3.24. The predicted molar refractivity (Wildman–Crippen MR) is 110 cm³/mol. The van der Waals surface area contributed by atoms with Crippen molar-refractivity contribution in [3.8, 4) is 17.0 Å². The average Bonchev–Trinajstić information content (AvgIpc) is 3.43. The van der Waals surface area contributed by atoms with Crippen LogP contribution in [0.2, 0.25) is 0 Å². The van der Waals surface area contributed by atoms with Crippen LogP contribution in [0.15, 0.2) is 47.2 Å². The number of carbonyl (C=O) groups is 1. The Labute approximate surface area is 166 Å². The SMILES string of the molecule is COc1ccc(-c2csc(NC(=O)C[NH+]3CCC[C@H]3c3cccs3)n2)cc1. The highest BCUT2D eigenvalue weighted by Crippen LogP contribution is 2.26. The maximum Gasteiger partial charge on any atom is 0.281 e. The number of hydrogen-bond donors (Lipinski definition) is 2. The molecule has 140 valence electrons. The molecule has 5 nitrogen and oxygen atoms in total. The van der Waals surface area contributed by atoms with E-state index >= 15 is 0 Å². The summed E-state index contributed by atoms with van der Waals surface area (Å²) in [5.74, 6) is 0.848. The first-order valence-electron chi connectivity index (χ1n) is 9.01. The van der Waals surface area contributed by atoms with E-state index in [1.54, 1.807) is 18.4 Å². The second kappa shape index (κ2) is 8.21. The van der Waals surface area contributed by atoms with Crippen molar-refractivity contribution in [2.24, 2.45) is 0 Å². The fraction of sp³-hybridized carbons (Fsp3) is 0.300. The van der Waals surface area contributed by atoms with Crippen molar-refractivity contribution in [3.63, 3.8) is 0 Å². The van der Waals surface area contributed by atoms with Gasteiger partial charge in [-0.15, -0.1) is 22.7 Å². The first kappa shape index (κ1) is 18.2. The molecule has 2 atom stereocenters. The van der Waals surface area contributed by atoms with Gasteiger partial charge in [-0.1, -0.05) is 6.07 Å². The van der Waals surface area contributed by atoms with Gasteiger partial charge in [0.15, 0.2) is 11.7 Å². The molecule has 1 aliphatic heterocycles. The van der Waals surface area contributed by atoms with Gasteiger partial charge in [0.1, 0.15) is 11.8 Å². The van der Waals surface area contributed by atoms with Crippen molar-refractivity contribution in [3.05, 3.63) is 52.0 Å². The molecule has 2 aromatic heterocycles. The number of ether oxygens (including phenoxy) is 1. The molecule has 0 bridgehead atoms. The van der Waals surface area contributed by atoms with E-state index in [4.69, 9.17) is 4.74 Å². The monoisotopic (exact) mass is 400 g/mol. The van der Waals surface area contributed by atoms with Crippen molar-refractivity contribution in [2.45, 2.75) is 18.9 Å². The summed E-state index contributed by atoms with van der Waals surface area (Å²) in [6.45, 7) is 1.53. The van der Waals surface area contributed by atoms with E-state index in [2.05, 4.69) is 27.8 Å². The molecule has 0 saturated carbocycles. The second-order valence-corrected chi connectivity index (χ2v) is 8.45. The Balaban J connectivity index is 1.38. The van der Waals surface area contributed by atoms with Crippen molar-refractivity contribution in [1.29, 1.82) is 0 Å². The van der Waals surface area contributed by atoms with Gasteiger partial charge in [-0.05, 0) is 35.7 Å². The average molecular weight is 401 g/mol. The Bertz CT molecular complexity index is 890. The molecule has 1 unspecified atom stereocenters. The van der Waals surface area contributed by atoms with Crippen LogP contribution in [-0.2, 0) is 4.79 Å². The lowest BCUT2D eigenvalue weighted by atomic mass is 10.2. The highest BCUT2D eigenvalue weighted by Gasteiger charge is 2.32. The van der Waals surface area contributed by atoms with Gasteiger partial charge in [-0.2, -0.15) is 0 Å². The lowest BCUT2D eigenvalue weighted by Crippen LogP contribution is -3.11. The standard InChI is InChI=1S/C20H21N3O2S2/c1-25-15-8-6-14(7-9-15)16-13-27-20(21-16)22-19(24)12-23-10-2-4-17(23)18-5-3-11-26-18/h3,5-9,11,13,17H,2,4,10,12H2,1H3,(H,21,22,24)/p+1/t17-/m0/s1. The largest absolute Gasteiger partial charge is 0.497 e. The minimum atomic E-state index is 0.0316. The molecule has 3 heterocycles. The molecular weight excluding hydrogens is 378 g/mol. The quantitative estimate of drug-likeness (QED) is 0.668. The van der Waals surface area contributed by atoms with Gasteiger partial charge < -0.3 is 9.64 Å². The van der Waals surface area contributed by atoms with Crippen molar-refractivity contribution >= 4 is 33.7 Å². The van der Waals surface area contributed by atoms with Gasteiger partial charge in [-0.25, -0.2) is 4.98 Å². The zero-order chi connectivity index (χ0) is 18.6. The lowest BCUT2D eigenvalue weighted by molar-refractivity contribution is -0.910. The van der Waals surface area contributed by atoms with Crippen LogP contribution >= 0.6 is 22.7 Å². The van der Waals surface area contributed by atoms with Crippen LogP contribution in [0, 0.1) is 0 Å². The van der Waals surface area contributed by atoms with E-state index in [9.17, 15) is 4.79 Å². The first-order valence-corrected chi connectivity index (χ1v) is 10.8. The van der Waals surface area contributed by atoms with Crippen LogP contribution < -0.4 is 15.0 Å². The van der Waals surface area contributed by atoms with Crippen LogP contribution in [0.5, 0.6) is 5.75 Å². The molecule has 1 fully saturated rings. The molecule has 3 aromatic rings. The summed E-state index contributed by atoms with van der Waals surface area (Å²) in [5, 5.41) is 7.70. The van der Waals surface area contributed by atoms with Crippen LogP contribution in [0.1, 0.15) is 23.8 Å². The Kier molecular flexibility index (Phi) is 5.52. The fourth-order valence-corrected chi connectivity index (χ4v) is 5.21. The van der Waals surface area contributed by atoms with E-state index in [0.717, 1.165) is 30.0 Å². The summed E-state index contributed by atoms with van der Waals surface area (Å²) in [6.07, 6.45) is 2.33. The highest BCUT2D eigenvalue weighted by molar-refractivity contribution is 7.14. The molecule has 1 aliphatic rings. The number of rotatable bonds is 6. The summed E-state index contributed by atoms with van der Waals surface area (Å²) in [5.41, 5.74) is 1.87. The van der Waals surface area contributed by atoms with Gasteiger partial charge in [0, 0.05) is 23.8 Å². The maximum absolute atomic E-state index is 12.5.